The van der Waals surface area contributed by atoms with Crippen LogP contribution in [0.1, 0.15) is 168 Å². The molecule has 6 heteroatoms. The van der Waals surface area contributed by atoms with Gasteiger partial charge in [-0.1, -0.05) is 140 Å². The molecule has 0 aliphatic rings. The average molecular weight is 683 g/mol. The van der Waals surface area contributed by atoms with E-state index >= 15 is 0 Å². The lowest BCUT2D eigenvalue weighted by Gasteiger charge is -2.18. The number of allylic oxidation sites excluding steroid dienone is 8. The van der Waals surface area contributed by atoms with Gasteiger partial charge >= 0.3 is 0 Å². The summed E-state index contributed by atoms with van der Waals surface area (Å²) in [4.78, 5) is 0. The molecule has 0 amide bonds. The molecule has 0 heterocycles. The monoisotopic (exact) mass is 683 g/mol. The molecule has 0 N–H and O–H groups in total. The molecule has 0 saturated heterocycles. The van der Waals surface area contributed by atoms with E-state index in [-0.39, 0.29) is 12.7 Å². The Morgan fingerprint density at radius 3 is 1.35 bits per heavy atom. The summed E-state index contributed by atoms with van der Waals surface area (Å²) in [5.74, 6) is 0. The quantitative estimate of drug-likeness (QED) is 0.0486. The van der Waals surface area contributed by atoms with E-state index in [1.807, 2.05) is 0 Å². The van der Waals surface area contributed by atoms with Gasteiger partial charge in [0.15, 0.2) is 0 Å². The molecular weight excluding hydrogens is 609 g/mol. The third-order valence-electron chi connectivity index (χ3n) is 7.96. The van der Waals surface area contributed by atoms with E-state index in [1.165, 1.54) is 135 Å². The lowest BCUT2D eigenvalue weighted by atomic mass is 10.1. The standard InChI is InChI=1S/C40H74O4S2/c1-4-6-8-10-12-14-16-18-20-22-24-26-28-30-32-34-36-42-38-40(39-44-46(3,41)45)43-37-35-33-31-29-27-25-23-21-19-17-15-13-11-9-7-5-2/h12-15,18-21,40H,4-11,16-17,22-39H2,1-3H3. The van der Waals surface area contributed by atoms with Crippen LogP contribution in [0.25, 0.3) is 0 Å². The van der Waals surface area contributed by atoms with Gasteiger partial charge in [0.2, 0.25) is 0 Å². The van der Waals surface area contributed by atoms with Crippen molar-refractivity contribution in [2.45, 2.75) is 174 Å². The molecule has 4 nitrogen and oxygen atoms in total. The Balaban J connectivity index is 3.76. The molecule has 0 spiro atoms. The summed E-state index contributed by atoms with van der Waals surface area (Å²) in [6, 6.07) is 0. The van der Waals surface area contributed by atoms with Gasteiger partial charge in [-0.25, -0.2) is 4.21 Å². The SMILES string of the molecule is CCCCCC=CCC=CCCCCCCCCOCC(COS(C)(=O)=S)OCCCCCCCCC=CCC=CCCCCC. The Hall–Kier alpha value is -0.790. The van der Waals surface area contributed by atoms with Crippen molar-refractivity contribution >= 4 is 20.0 Å². The van der Waals surface area contributed by atoms with E-state index in [0.717, 1.165) is 32.3 Å². The minimum absolute atomic E-state index is 0.216. The van der Waals surface area contributed by atoms with Crippen molar-refractivity contribution in [2.24, 2.45) is 0 Å². The summed E-state index contributed by atoms with van der Waals surface area (Å²) in [5.41, 5.74) is 0. The van der Waals surface area contributed by atoms with Crippen LogP contribution < -0.4 is 0 Å². The second kappa shape index (κ2) is 37.0. The maximum atomic E-state index is 11.8. The molecule has 46 heavy (non-hydrogen) atoms. The number of hydrogen-bond donors (Lipinski definition) is 0. The Bertz CT molecular complexity index is 832. The fraction of sp³-hybridized carbons (Fsp3) is 0.800. The van der Waals surface area contributed by atoms with Gasteiger partial charge in [0.25, 0.3) is 0 Å². The van der Waals surface area contributed by atoms with Crippen molar-refractivity contribution in [1.29, 1.82) is 0 Å². The molecule has 0 aromatic carbocycles. The first-order valence-electron chi connectivity index (χ1n) is 19.1. The van der Waals surface area contributed by atoms with E-state index in [1.54, 1.807) is 0 Å². The molecule has 0 aromatic rings. The second-order valence-corrected chi connectivity index (χ2v) is 16.2. The predicted octanol–water partition coefficient (Wildman–Crippen LogP) is 12.3. The van der Waals surface area contributed by atoms with E-state index in [4.69, 9.17) is 24.8 Å². The lowest BCUT2D eigenvalue weighted by Crippen LogP contribution is -2.27. The van der Waals surface area contributed by atoms with E-state index in [0.29, 0.717) is 13.2 Å². The average Bonchev–Trinajstić information content (AvgIpc) is 3.03. The number of rotatable bonds is 36. The van der Waals surface area contributed by atoms with Crippen LogP contribution >= 0.6 is 0 Å². The van der Waals surface area contributed by atoms with Gasteiger partial charge in [-0.05, 0) is 77.0 Å². The van der Waals surface area contributed by atoms with Crippen molar-refractivity contribution in [2.75, 3.05) is 32.7 Å². The Morgan fingerprint density at radius 2 is 0.913 bits per heavy atom. The fourth-order valence-corrected chi connectivity index (χ4v) is 5.66. The summed E-state index contributed by atoms with van der Waals surface area (Å²) in [7, 11) is -2.66. The third kappa shape index (κ3) is 39.4. The fourth-order valence-electron chi connectivity index (χ4n) is 5.09. The molecule has 0 saturated carbocycles. The highest BCUT2D eigenvalue weighted by molar-refractivity contribution is 8.29. The molecule has 0 rings (SSSR count). The summed E-state index contributed by atoms with van der Waals surface area (Å²) in [6.45, 7) is 6.61. The van der Waals surface area contributed by atoms with E-state index in [9.17, 15) is 4.21 Å². The molecule has 2 atom stereocenters. The molecule has 0 radical (unpaired) electrons. The molecule has 0 aliphatic heterocycles. The molecule has 0 aliphatic carbocycles. The van der Waals surface area contributed by atoms with Crippen LogP contribution in [0.15, 0.2) is 48.6 Å². The molecule has 270 valence electrons. The third-order valence-corrected chi connectivity index (χ3v) is 8.81. The summed E-state index contributed by atoms with van der Waals surface area (Å²) in [6.07, 6.45) is 49.4. The Kier molecular flexibility index (Phi) is 36.4. The zero-order valence-corrected chi connectivity index (χ0v) is 32.1. The molecule has 0 fully saturated rings. The lowest BCUT2D eigenvalue weighted by molar-refractivity contribution is -0.0369. The molecule has 0 aromatic heterocycles. The minimum atomic E-state index is -2.66. The van der Waals surface area contributed by atoms with Gasteiger partial charge in [-0.2, -0.15) is 0 Å². The largest absolute Gasteiger partial charge is 0.379 e. The molecular formula is C40H74O4S2. The maximum Gasteiger partial charge on any atom is 0.141 e. The summed E-state index contributed by atoms with van der Waals surface area (Å²) in [5, 5.41) is 0. The number of unbranched alkanes of at least 4 members (excludes halogenated alkanes) is 18. The van der Waals surface area contributed by atoms with Crippen molar-refractivity contribution < 1.29 is 17.9 Å². The zero-order valence-electron chi connectivity index (χ0n) is 30.4. The van der Waals surface area contributed by atoms with Crippen molar-refractivity contribution in [1.82, 2.24) is 0 Å². The summed E-state index contributed by atoms with van der Waals surface area (Å²) < 4.78 is 29.2. The smallest absolute Gasteiger partial charge is 0.141 e. The van der Waals surface area contributed by atoms with Gasteiger partial charge in [0.05, 0.1) is 13.2 Å². The van der Waals surface area contributed by atoms with Crippen LogP contribution in [-0.4, -0.2) is 43.0 Å². The number of ether oxygens (including phenoxy) is 2. The van der Waals surface area contributed by atoms with Crippen LogP contribution in [-0.2, 0) is 33.6 Å². The van der Waals surface area contributed by atoms with Crippen LogP contribution in [0.3, 0.4) is 0 Å². The highest BCUT2D eigenvalue weighted by Gasteiger charge is 2.12. The van der Waals surface area contributed by atoms with Crippen LogP contribution in [0.5, 0.6) is 0 Å². The van der Waals surface area contributed by atoms with Crippen molar-refractivity contribution in [3.63, 3.8) is 0 Å². The molecule has 2 unspecified atom stereocenters. The van der Waals surface area contributed by atoms with E-state index in [2.05, 4.69) is 62.5 Å². The first kappa shape index (κ1) is 45.2. The maximum absolute atomic E-state index is 11.8. The highest BCUT2D eigenvalue weighted by Crippen LogP contribution is 2.11. The van der Waals surface area contributed by atoms with Gasteiger partial charge in [-0.15, -0.1) is 0 Å². The topological polar surface area (TPSA) is 44.8 Å². The van der Waals surface area contributed by atoms with Crippen LogP contribution in [0.4, 0.5) is 0 Å². The first-order chi connectivity index (χ1) is 22.5. The Labute approximate surface area is 292 Å². The zero-order chi connectivity index (χ0) is 33.7. The van der Waals surface area contributed by atoms with Crippen molar-refractivity contribution in [3.05, 3.63) is 48.6 Å². The van der Waals surface area contributed by atoms with Gasteiger partial charge in [0.1, 0.15) is 14.9 Å². The minimum Gasteiger partial charge on any atom is -0.379 e. The van der Waals surface area contributed by atoms with Gasteiger partial charge < -0.3 is 9.47 Å². The van der Waals surface area contributed by atoms with Crippen LogP contribution in [0.2, 0.25) is 0 Å². The van der Waals surface area contributed by atoms with Crippen molar-refractivity contribution in [3.8, 4) is 0 Å². The van der Waals surface area contributed by atoms with Gasteiger partial charge in [0, 0.05) is 30.7 Å². The van der Waals surface area contributed by atoms with Crippen LogP contribution in [0, 0.1) is 0 Å². The van der Waals surface area contributed by atoms with E-state index < -0.39 is 8.77 Å². The molecule has 0 bridgehead atoms. The van der Waals surface area contributed by atoms with Gasteiger partial charge in [-0.3, -0.25) is 4.18 Å². The first-order valence-corrected chi connectivity index (χ1v) is 21.9. The predicted molar refractivity (Wildman–Crippen MR) is 207 cm³/mol. The number of hydrogen-bond acceptors (Lipinski definition) is 5. The Morgan fingerprint density at radius 1 is 0.522 bits per heavy atom. The highest BCUT2D eigenvalue weighted by atomic mass is 32.8. The summed E-state index contributed by atoms with van der Waals surface area (Å²) >= 11 is 4.92. The second-order valence-electron chi connectivity index (χ2n) is 12.7. The normalized spacial score (nSPS) is 14.4.